The Labute approximate surface area is 831 Å². The maximum atomic E-state index is 17.2. The number of halogens is 2. The molecule has 1 unspecified atom stereocenters. The first-order valence-electron chi connectivity index (χ1n) is 51.3. The van der Waals surface area contributed by atoms with Crippen molar-refractivity contribution in [2.24, 2.45) is 29.6 Å². The van der Waals surface area contributed by atoms with Gasteiger partial charge >= 0.3 is 24.4 Å². The molecule has 10 heterocycles. The zero-order chi connectivity index (χ0) is 99.5. The molecular formula is C111H130F2N18O12. The number of amides is 8. The van der Waals surface area contributed by atoms with Gasteiger partial charge in [-0.15, -0.1) is 0 Å². The molecule has 0 spiro atoms. The first-order chi connectivity index (χ1) is 69.3. The smallest absolute Gasteiger partial charge is 0.407 e. The standard InChI is InChI=1S/C62H69F2N9O6.C49H61N9O6/c1-35-22-26-71(27-23-35)40-17-8-16-38(28-40)39-29-43-41(44(30-39)46-32-50-52(34-48(46)64)68-58(66-50)54-21-11-25-73(54)60(75)56(70-62(77)79-3)37-14-6-7-15-37)18-9-19-42(43)45-31-49-51(33-47(45)63)67-57(65-49)53-20-10-24-72(53)59(74)55(69-61(76)78-2)36-12-4-5-13-36;1-29(2)42(54-48(61)63-5)46(59)57-24-10-12-40(57)44-50-28-39(53-44)33-16-20-35(36(26-33)31-14-18-34(19-15-31)56-22-8-7-9-23-56)32-17-21-37-38(27-32)52-45(51-37)41-13-11-25-58(41)47(60)43(30(3)4)55-49(62)64-6/h8-9,16-19,28-37,53-56H,4-7,10-15,20-27H2,1-3H3,(H,65,67)(H,66,68)(H,69,76)(H,70,77);14-21,26-30,40-43H,7-13,22-25H2,1-6H3,(H,50,53)(H,51,52)(H,54,61)(H,55,62)/t53-,54-,55-,56-;40-,41?,42-,43-/m00/s1. The van der Waals surface area contributed by atoms with Crippen LogP contribution in [-0.4, -0.2) is 212 Å². The summed E-state index contributed by atoms with van der Waals surface area (Å²) in [7, 11) is 5.19. The molecule has 0 radical (unpaired) electrons. The van der Waals surface area contributed by atoms with Crippen molar-refractivity contribution in [2.45, 2.75) is 218 Å². The van der Waals surface area contributed by atoms with Gasteiger partial charge in [-0.2, -0.15) is 0 Å². The number of carbonyl (C=O) groups is 8. The van der Waals surface area contributed by atoms with Gasteiger partial charge in [0, 0.05) is 92.6 Å². The number of piperidine rings is 2. The zero-order valence-electron chi connectivity index (χ0n) is 83.0. The molecular weight excluding hydrogens is 1820 g/mol. The van der Waals surface area contributed by atoms with Crippen molar-refractivity contribution < 1.29 is 66.1 Å². The number of methoxy groups -OCH3 is 4. The summed E-state index contributed by atoms with van der Waals surface area (Å²) in [4.78, 5) is 152. The number of ether oxygens (including phenoxy) is 4. The molecule has 2 saturated carbocycles. The number of likely N-dealkylation sites (tertiary alicyclic amines) is 4. The summed E-state index contributed by atoms with van der Waals surface area (Å²) < 4.78 is 53.8. The molecule has 8 aromatic carbocycles. The number of aromatic nitrogens is 8. The number of nitrogens with zero attached hydrogens (tertiary/aromatic N) is 10. The van der Waals surface area contributed by atoms with Gasteiger partial charge < -0.3 is 89.5 Å². The Kier molecular flexibility index (Phi) is 29.2. The number of H-pyrrole nitrogens is 4. The van der Waals surface area contributed by atoms with Gasteiger partial charge in [-0.25, -0.2) is 47.9 Å². The number of rotatable bonds is 24. The van der Waals surface area contributed by atoms with Gasteiger partial charge in [0.1, 0.15) is 59.1 Å². The van der Waals surface area contributed by atoms with Crippen LogP contribution >= 0.6 is 0 Å². The predicted molar refractivity (Wildman–Crippen MR) is 546 cm³/mol. The Morgan fingerprint density at radius 2 is 0.804 bits per heavy atom. The maximum Gasteiger partial charge on any atom is 0.407 e. The van der Waals surface area contributed by atoms with Gasteiger partial charge in [-0.05, 0) is 261 Å². The summed E-state index contributed by atoms with van der Waals surface area (Å²) >= 11 is 0. The molecule has 8 amide bonds. The summed E-state index contributed by atoms with van der Waals surface area (Å²) in [6.45, 7) is 16.1. The second-order valence-corrected chi connectivity index (χ2v) is 40.8. The highest BCUT2D eigenvalue weighted by Gasteiger charge is 2.45. The summed E-state index contributed by atoms with van der Waals surface area (Å²) in [5.41, 5.74) is 15.6. The average Bonchev–Trinajstić information content (AvgIpc) is 0.917. The number of carbonyl (C=O) groups excluding carboxylic acids is 8. The van der Waals surface area contributed by atoms with E-state index in [0.29, 0.717) is 118 Å². The van der Waals surface area contributed by atoms with Crippen LogP contribution in [0.25, 0.3) is 111 Å². The minimum atomic E-state index is -0.718. The van der Waals surface area contributed by atoms with E-state index in [1.807, 2.05) is 74.0 Å². The Bertz CT molecular complexity index is 6720. The summed E-state index contributed by atoms with van der Waals surface area (Å²) in [6, 6.07) is 42.1. The van der Waals surface area contributed by atoms with Crippen LogP contribution < -0.4 is 31.1 Å². The van der Waals surface area contributed by atoms with Crippen molar-refractivity contribution in [1.82, 2.24) is 80.7 Å². The van der Waals surface area contributed by atoms with Crippen molar-refractivity contribution in [3.05, 3.63) is 181 Å². The molecule has 143 heavy (non-hydrogen) atoms. The number of aromatic amines is 4. The summed E-state index contributed by atoms with van der Waals surface area (Å²) in [5.74, 6) is 1.37. The maximum absolute atomic E-state index is 17.2. The van der Waals surface area contributed by atoms with Crippen LogP contribution in [0.4, 0.5) is 39.3 Å². The molecule has 8 aliphatic rings. The van der Waals surface area contributed by atoms with E-state index in [9.17, 15) is 38.4 Å². The Morgan fingerprint density at radius 3 is 1.32 bits per heavy atom. The van der Waals surface area contributed by atoms with E-state index in [1.54, 1.807) is 21.9 Å². The molecule has 8 fully saturated rings. The molecule has 8 N–H and O–H groups in total. The van der Waals surface area contributed by atoms with Crippen LogP contribution in [0.15, 0.2) is 146 Å². The van der Waals surface area contributed by atoms with Crippen LogP contribution in [-0.2, 0) is 38.1 Å². The molecule has 6 saturated heterocycles. The topological polar surface area (TPSA) is 356 Å². The molecule has 750 valence electrons. The van der Waals surface area contributed by atoms with Gasteiger partial charge in [0.15, 0.2) is 0 Å². The quantitative estimate of drug-likeness (QED) is 0.0261. The van der Waals surface area contributed by atoms with Crippen LogP contribution in [0.2, 0.25) is 0 Å². The predicted octanol–water partition coefficient (Wildman–Crippen LogP) is 20.6. The van der Waals surface area contributed by atoms with Crippen molar-refractivity contribution in [1.29, 1.82) is 0 Å². The van der Waals surface area contributed by atoms with Crippen molar-refractivity contribution >= 4 is 103 Å². The third-order valence-corrected chi connectivity index (χ3v) is 31.1. The van der Waals surface area contributed by atoms with E-state index in [0.717, 1.165) is 196 Å². The molecule has 6 aliphatic heterocycles. The second-order valence-electron chi connectivity index (χ2n) is 40.8. The Hall–Kier alpha value is -13.9. The molecule has 30 nitrogen and oxygen atoms in total. The van der Waals surface area contributed by atoms with E-state index < -0.39 is 72.3 Å². The highest BCUT2D eigenvalue weighted by molar-refractivity contribution is 6.09. The molecule has 12 aromatic rings. The number of alkyl carbamates (subject to hydrolysis) is 4. The Morgan fingerprint density at radius 1 is 0.350 bits per heavy atom. The largest absolute Gasteiger partial charge is 0.453 e. The lowest BCUT2D eigenvalue weighted by Gasteiger charge is -2.32. The third-order valence-electron chi connectivity index (χ3n) is 31.1. The highest BCUT2D eigenvalue weighted by atomic mass is 19.1. The number of nitrogens with one attached hydrogen (secondary N) is 8. The lowest BCUT2D eigenvalue weighted by atomic mass is 9.88. The van der Waals surface area contributed by atoms with Gasteiger partial charge in [0.2, 0.25) is 23.6 Å². The number of anilines is 2. The van der Waals surface area contributed by atoms with Crippen LogP contribution in [0.1, 0.15) is 217 Å². The normalized spacial score (nSPS) is 19.5. The van der Waals surface area contributed by atoms with Gasteiger partial charge in [-0.1, -0.05) is 121 Å². The van der Waals surface area contributed by atoms with Gasteiger partial charge in [0.25, 0.3) is 0 Å². The van der Waals surface area contributed by atoms with E-state index in [4.69, 9.17) is 38.9 Å². The minimum Gasteiger partial charge on any atom is -0.453 e. The first-order valence-corrected chi connectivity index (χ1v) is 51.3. The molecule has 8 atom stereocenters. The van der Waals surface area contributed by atoms with Crippen LogP contribution in [0, 0.1) is 41.2 Å². The van der Waals surface area contributed by atoms with Crippen molar-refractivity contribution in [3.8, 4) is 66.9 Å². The Balaban J connectivity index is 0.000000186. The van der Waals surface area contributed by atoms with E-state index in [-0.39, 0.29) is 59.4 Å². The van der Waals surface area contributed by atoms with Gasteiger partial charge in [-0.3, -0.25) is 19.2 Å². The average molecular weight is 1950 g/mol. The number of imidazole rings is 4. The lowest BCUT2D eigenvalue weighted by Crippen LogP contribution is -2.51. The zero-order valence-corrected chi connectivity index (χ0v) is 83.0. The first kappa shape index (κ1) is 97.9. The van der Waals surface area contributed by atoms with Crippen LogP contribution in [0.3, 0.4) is 0 Å². The summed E-state index contributed by atoms with van der Waals surface area (Å²) in [5, 5.41) is 12.6. The second kappa shape index (κ2) is 42.7. The molecule has 0 bridgehead atoms. The fourth-order valence-corrected chi connectivity index (χ4v) is 23.3. The number of fused-ring (bicyclic) bond motifs is 4. The lowest BCUT2D eigenvalue weighted by molar-refractivity contribution is -0.136. The van der Waals surface area contributed by atoms with Crippen molar-refractivity contribution in [2.75, 3.05) is 90.6 Å². The molecule has 2 aliphatic carbocycles. The van der Waals surface area contributed by atoms with E-state index in [2.05, 4.69) is 143 Å². The molecule has 20 rings (SSSR count). The fourth-order valence-electron chi connectivity index (χ4n) is 23.3. The van der Waals surface area contributed by atoms with Gasteiger partial charge in [0.05, 0.1) is 97.6 Å². The van der Waals surface area contributed by atoms with E-state index >= 15 is 8.78 Å². The highest BCUT2D eigenvalue weighted by Crippen LogP contribution is 2.47. The number of hydrogen-bond donors (Lipinski definition) is 8. The molecule has 4 aromatic heterocycles. The van der Waals surface area contributed by atoms with Crippen LogP contribution in [0.5, 0.6) is 0 Å². The summed E-state index contributed by atoms with van der Waals surface area (Å²) in [6.07, 6.45) is 18.5. The fraction of sp³-hybridized carbons (Fsp3) is 0.459. The van der Waals surface area contributed by atoms with Crippen molar-refractivity contribution in [3.63, 3.8) is 0 Å². The number of hydrogen-bond acceptors (Lipinski definition) is 18. The minimum absolute atomic E-state index is 0.00515. The third kappa shape index (κ3) is 20.5. The SMILES string of the molecule is COC(=O)N[C@H](C(=O)N1CCCC1c1nc2ccc(-c3ccc(-c4cnc([C@@H]5CCCN5C(=O)[C@@H](NC(=O)OC)C(C)C)[nH]4)cc3-c3ccc(N4CCCCC4)cc3)cc2[nH]1)C(C)C.COC(=O)N[C@H](C(=O)N1CCC[C@H]1c1nc2cc(-c3cc(-c4cccc(N5CCC(C)CC5)c4)cc4c(-c5cc6nc([C@@H]7CCCN7C(=O)[C@@H](NC(=O)OC)C7CCCC7)[nH]c6cc5F)cccc34)c(F)cc2[nH]1)C1CCCC1. The number of benzene rings is 8. The monoisotopic (exact) mass is 1950 g/mol. The van der Waals surface area contributed by atoms with E-state index in [1.165, 1.54) is 65.5 Å². The molecule has 32 heteroatoms.